The Kier molecular flexibility index (Phi) is 4.15. The number of hydrogen-bond acceptors (Lipinski definition) is 4. The number of ketones is 1. The Morgan fingerprint density at radius 3 is 2.59 bits per heavy atom. The lowest BCUT2D eigenvalue weighted by Crippen LogP contribution is -1.90. The third-order valence-corrected chi connectivity index (χ3v) is 4.25. The Bertz CT molecular complexity index is 1170. The number of aromatic amines is 1. The van der Waals surface area contributed by atoms with Gasteiger partial charge in [-0.05, 0) is 31.2 Å². The van der Waals surface area contributed by atoms with Crippen molar-refractivity contribution in [2.45, 2.75) is 6.92 Å². The van der Waals surface area contributed by atoms with Gasteiger partial charge < -0.3 is 9.40 Å². The quantitative estimate of drug-likeness (QED) is 0.409. The summed E-state index contributed by atoms with van der Waals surface area (Å²) in [6.07, 6.45) is 1.66. The molecule has 2 heterocycles. The number of carbonyl (C=O) groups excluding carboxylic acids is 1. The summed E-state index contributed by atoms with van der Waals surface area (Å²) in [6.45, 7) is 1.53. The van der Waals surface area contributed by atoms with Crippen LogP contribution in [0.25, 0.3) is 34.0 Å². The SMILES string of the molecule is CC(=O)c1ccc(-c2ccc(C=C(C#N)c3nc4ccccc4[nH]3)o2)cc1. The fourth-order valence-corrected chi connectivity index (χ4v) is 2.83. The molecular weight excluding hydrogens is 338 g/mol. The average molecular weight is 353 g/mol. The van der Waals surface area contributed by atoms with Crippen LogP contribution in [0.5, 0.6) is 0 Å². The number of Topliss-reactive ketones (excluding diaryl/α,β-unsaturated/α-hetero) is 1. The maximum Gasteiger partial charge on any atom is 0.159 e. The number of furan rings is 1. The van der Waals surface area contributed by atoms with Crippen molar-refractivity contribution < 1.29 is 9.21 Å². The largest absolute Gasteiger partial charge is 0.457 e. The minimum atomic E-state index is 0.0223. The number of aromatic nitrogens is 2. The van der Waals surface area contributed by atoms with E-state index >= 15 is 0 Å². The summed E-state index contributed by atoms with van der Waals surface area (Å²) >= 11 is 0. The molecule has 0 unspecified atom stereocenters. The maximum absolute atomic E-state index is 11.4. The molecule has 0 aliphatic rings. The summed E-state index contributed by atoms with van der Waals surface area (Å²) in [6, 6.07) is 20.6. The molecule has 27 heavy (non-hydrogen) atoms. The summed E-state index contributed by atoms with van der Waals surface area (Å²) < 4.78 is 5.84. The molecule has 0 fully saturated rings. The Morgan fingerprint density at radius 2 is 1.89 bits per heavy atom. The van der Waals surface area contributed by atoms with Gasteiger partial charge in [0, 0.05) is 17.2 Å². The van der Waals surface area contributed by atoms with E-state index in [1.54, 1.807) is 24.3 Å². The van der Waals surface area contributed by atoms with E-state index in [2.05, 4.69) is 16.0 Å². The molecule has 130 valence electrons. The van der Waals surface area contributed by atoms with Crippen LogP contribution in [-0.4, -0.2) is 15.8 Å². The van der Waals surface area contributed by atoms with Gasteiger partial charge in [0.15, 0.2) is 5.78 Å². The second-order valence-electron chi connectivity index (χ2n) is 6.11. The topological polar surface area (TPSA) is 82.7 Å². The molecule has 0 saturated heterocycles. The van der Waals surface area contributed by atoms with Crippen molar-refractivity contribution in [2.24, 2.45) is 0 Å². The lowest BCUT2D eigenvalue weighted by Gasteiger charge is -1.99. The van der Waals surface area contributed by atoms with Gasteiger partial charge in [0.2, 0.25) is 0 Å². The number of nitriles is 1. The molecular formula is C22H15N3O2. The molecule has 0 atom stereocenters. The van der Waals surface area contributed by atoms with E-state index in [0.29, 0.717) is 28.5 Å². The smallest absolute Gasteiger partial charge is 0.159 e. The molecule has 4 rings (SSSR count). The molecule has 5 heteroatoms. The molecule has 5 nitrogen and oxygen atoms in total. The first-order valence-electron chi connectivity index (χ1n) is 8.42. The average Bonchev–Trinajstić information content (AvgIpc) is 3.33. The first-order chi connectivity index (χ1) is 13.1. The van der Waals surface area contributed by atoms with Crippen LogP contribution < -0.4 is 0 Å². The third-order valence-electron chi connectivity index (χ3n) is 4.25. The van der Waals surface area contributed by atoms with Crippen molar-refractivity contribution in [3.8, 4) is 17.4 Å². The predicted octanol–water partition coefficient (Wildman–Crippen LogP) is 5.09. The van der Waals surface area contributed by atoms with Crippen LogP contribution in [0.15, 0.2) is 65.1 Å². The molecule has 0 aliphatic carbocycles. The number of nitrogens with one attached hydrogen (secondary N) is 1. The van der Waals surface area contributed by atoms with Crippen molar-refractivity contribution in [1.82, 2.24) is 9.97 Å². The Labute approximate surface area is 155 Å². The van der Waals surface area contributed by atoms with Crippen LogP contribution in [0.3, 0.4) is 0 Å². The molecule has 0 spiro atoms. The van der Waals surface area contributed by atoms with E-state index in [-0.39, 0.29) is 5.78 Å². The van der Waals surface area contributed by atoms with Crippen LogP contribution in [0.2, 0.25) is 0 Å². The van der Waals surface area contributed by atoms with Gasteiger partial charge in [-0.15, -0.1) is 0 Å². The number of para-hydroxylation sites is 2. The van der Waals surface area contributed by atoms with Crippen LogP contribution >= 0.6 is 0 Å². The van der Waals surface area contributed by atoms with E-state index in [1.807, 2.05) is 42.5 Å². The number of nitrogens with zero attached hydrogens (tertiary/aromatic N) is 2. The number of rotatable bonds is 4. The van der Waals surface area contributed by atoms with E-state index in [1.165, 1.54) is 6.92 Å². The lowest BCUT2D eigenvalue weighted by molar-refractivity contribution is 0.101. The van der Waals surface area contributed by atoms with Gasteiger partial charge in [0.05, 0.1) is 16.6 Å². The lowest BCUT2D eigenvalue weighted by atomic mass is 10.1. The van der Waals surface area contributed by atoms with Crippen molar-refractivity contribution in [3.05, 3.63) is 77.8 Å². The summed E-state index contributed by atoms with van der Waals surface area (Å²) in [5.41, 5.74) is 3.58. The normalized spacial score (nSPS) is 11.5. The molecule has 0 radical (unpaired) electrons. The zero-order chi connectivity index (χ0) is 18.8. The Hall–Kier alpha value is -3.91. The van der Waals surface area contributed by atoms with E-state index in [0.717, 1.165) is 16.6 Å². The fourth-order valence-electron chi connectivity index (χ4n) is 2.83. The third kappa shape index (κ3) is 3.29. The number of imidazole rings is 1. The molecule has 2 aromatic heterocycles. The van der Waals surface area contributed by atoms with Gasteiger partial charge in [-0.2, -0.15) is 5.26 Å². The molecule has 0 aliphatic heterocycles. The molecule has 0 bridgehead atoms. The summed E-state index contributed by atoms with van der Waals surface area (Å²) in [5, 5.41) is 9.52. The van der Waals surface area contributed by atoms with Crippen molar-refractivity contribution >= 4 is 28.5 Å². The second-order valence-corrected chi connectivity index (χ2v) is 6.11. The minimum absolute atomic E-state index is 0.0223. The van der Waals surface area contributed by atoms with Gasteiger partial charge in [0.25, 0.3) is 0 Å². The highest BCUT2D eigenvalue weighted by Crippen LogP contribution is 2.25. The number of carbonyl (C=O) groups is 1. The maximum atomic E-state index is 11.4. The highest BCUT2D eigenvalue weighted by atomic mass is 16.3. The molecule has 4 aromatic rings. The number of allylic oxidation sites excluding steroid dienone is 1. The van der Waals surface area contributed by atoms with Crippen LogP contribution in [0.4, 0.5) is 0 Å². The van der Waals surface area contributed by atoms with Crippen molar-refractivity contribution in [2.75, 3.05) is 0 Å². The zero-order valence-corrected chi connectivity index (χ0v) is 14.6. The van der Waals surface area contributed by atoms with E-state index < -0.39 is 0 Å². The first kappa shape index (κ1) is 16.6. The van der Waals surface area contributed by atoms with Gasteiger partial charge >= 0.3 is 0 Å². The van der Waals surface area contributed by atoms with Gasteiger partial charge in [0.1, 0.15) is 23.4 Å². The fraction of sp³-hybridized carbons (Fsp3) is 0.0455. The molecule has 0 saturated carbocycles. The molecule has 1 N–H and O–H groups in total. The van der Waals surface area contributed by atoms with Gasteiger partial charge in [-0.25, -0.2) is 4.98 Å². The van der Waals surface area contributed by atoms with E-state index in [9.17, 15) is 10.1 Å². The highest BCUT2D eigenvalue weighted by Gasteiger charge is 2.10. The summed E-state index contributed by atoms with van der Waals surface area (Å²) in [5.74, 6) is 1.74. The standard InChI is InChI=1S/C22H15N3O2/c1-14(26)15-6-8-16(9-7-15)21-11-10-18(27-21)12-17(13-23)22-24-19-4-2-3-5-20(19)25-22/h2-12H,1H3,(H,24,25). The zero-order valence-electron chi connectivity index (χ0n) is 14.6. The minimum Gasteiger partial charge on any atom is -0.457 e. The van der Waals surface area contributed by atoms with Crippen LogP contribution in [0, 0.1) is 11.3 Å². The monoisotopic (exact) mass is 353 g/mol. The van der Waals surface area contributed by atoms with E-state index in [4.69, 9.17) is 4.42 Å². The van der Waals surface area contributed by atoms with Crippen LogP contribution in [-0.2, 0) is 0 Å². The van der Waals surface area contributed by atoms with Gasteiger partial charge in [-0.3, -0.25) is 4.79 Å². The second kappa shape index (κ2) is 6.77. The first-order valence-corrected chi connectivity index (χ1v) is 8.42. The number of H-pyrrole nitrogens is 1. The van der Waals surface area contributed by atoms with Crippen LogP contribution in [0.1, 0.15) is 28.9 Å². The Balaban J connectivity index is 1.65. The highest BCUT2D eigenvalue weighted by molar-refractivity contribution is 5.94. The number of fused-ring (bicyclic) bond motifs is 1. The van der Waals surface area contributed by atoms with Crippen molar-refractivity contribution in [1.29, 1.82) is 5.26 Å². The summed E-state index contributed by atoms with van der Waals surface area (Å²) in [4.78, 5) is 19.0. The van der Waals surface area contributed by atoms with Gasteiger partial charge in [-0.1, -0.05) is 36.4 Å². The predicted molar refractivity (Wildman–Crippen MR) is 104 cm³/mol. The number of hydrogen-bond donors (Lipinski definition) is 1. The molecule has 0 amide bonds. The summed E-state index contributed by atoms with van der Waals surface area (Å²) in [7, 11) is 0. The molecule has 2 aromatic carbocycles. The number of benzene rings is 2. The Morgan fingerprint density at radius 1 is 1.11 bits per heavy atom. The van der Waals surface area contributed by atoms with Crippen molar-refractivity contribution in [3.63, 3.8) is 0 Å².